The normalized spacial score (nSPS) is 19.2. The van der Waals surface area contributed by atoms with E-state index in [1.807, 2.05) is 6.07 Å². The molecule has 0 saturated carbocycles. The summed E-state index contributed by atoms with van der Waals surface area (Å²) in [6.07, 6.45) is 1.71. The predicted molar refractivity (Wildman–Crippen MR) is 105 cm³/mol. The molecule has 0 unspecified atom stereocenters. The van der Waals surface area contributed by atoms with Gasteiger partial charge >= 0.3 is 0 Å². The van der Waals surface area contributed by atoms with Crippen LogP contribution < -0.4 is 23.7 Å². The molecule has 5 rings (SSSR count). The number of aliphatic hydroxyl groups excluding tert-OH is 1. The van der Waals surface area contributed by atoms with Gasteiger partial charge < -0.3 is 28.8 Å². The lowest BCUT2D eigenvalue weighted by Gasteiger charge is -2.42. The number of methoxy groups -OCH3 is 3. The molecule has 0 fully saturated rings. The molecule has 7 nitrogen and oxygen atoms in total. The van der Waals surface area contributed by atoms with Gasteiger partial charge in [0.2, 0.25) is 12.5 Å². The minimum Gasteiger partial charge on any atom is -0.493 e. The smallest absolute Gasteiger partial charge is 0.231 e. The van der Waals surface area contributed by atoms with Gasteiger partial charge in [0.1, 0.15) is 0 Å². The highest BCUT2D eigenvalue weighted by Crippen LogP contribution is 2.52. The fraction of sp³-hybridized carbons (Fsp3) is 0.455. The molecule has 7 heteroatoms. The number of rotatable bonds is 4. The van der Waals surface area contributed by atoms with Gasteiger partial charge in [-0.1, -0.05) is 0 Å². The van der Waals surface area contributed by atoms with Gasteiger partial charge in [-0.15, -0.1) is 0 Å². The van der Waals surface area contributed by atoms with Crippen LogP contribution in [0.1, 0.15) is 33.9 Å². The van der Waals surface area contributed by atoms with Gasteiger partial charge in [-0.3, -0.25) is 4.90 Å². The molecule has 29 heavy (non-hydrogen) atoms. The fourth-order valence-corrected chi connectivity index (χ4v) is 5.00. The monoisotopic (exact) mass is 399 g/mol. The third-order valence-corrected chi connectivity index (χ3v) is 6.30. The van der Waals surface area contributed by atoms with Crippen LogP contribution in [-0.4, -0.2) is 44.7 Å². The lowest BCUT2D eigenvalue weighted by atomic mass is 9.81. The molecular formula is C22H25NO6. The molecule has 0 bridgehead atoms. The van der Waals surface area contributed by atoms with E-state index in [2.05, 4.69) is 11.0 Å². The molecule has 0 aliphatic carbocycles. The van der Waals surface area contributed by atoms with Crippen molar-refractivity contribution in [1.29, 1.82) is 0 Å². The summed E-state index contributed by atoms with van der Waals surface area (Å²) in [5.41, 5.74) is 5.53. The molecule has 0 saturated heterocycles. The Morgan fingerprint density at radius 1 is 1.07 bits per heavy atom. The Kier molecular flexibility index (Phi) is 4.44. The van der Waals surface area contributed by atoms with E-state index >= 15 is 0 Å². The first kappa shape index (κ1) is 18.4. The molecule has 0 aromatic heterocycles. The molecule has 0 radical (unpaired) electrons. The van der Waals surface area contributed by atoms with E-state index < -0.39 is 0 Å². The number of fused-ring (bicyclic) bond motifs is 5. The van der Waals surface area contributed by atoms with Crippen molar-refractivity contribution in [2.24, 2.45) is 0 Å². The van der Waals surface area contributed by atoms with Gasteiger partial charge in [-0.2, -0.15) is 0 Å². The maximum absolute atomic E-state index is 10.1. The molecule has 3 aliphatic rings. The maximum atomic E-state index is 10.1. The molecule has 1 N–H and O–H groups in total. The average molecular weight is 399 g/mol. The summed E-state index contributed by atoms with van der Waals surface area (Å²) in [6, 6.07) is 4.31. The van der Waals surface area contributed by atoms with Gasteiger partial charge in [-0.25, -0.2) is 0 Å². The van der Waals surface area contributed by atoms with E-state index in [9.17, 15) is 5.11 Å². The molecule has 1 atom stereocenters. The van der Waals surface area contributed by atoms with E-state index in [1.54, 1.807) is 21.3 Å². The molecule has 3 heterocycles. The molecule has 2 aromatic rings. The number of hydrogen-bond acceptors (Lipinski definition) is 7. The Bertz CT molecular complexity index is 973. The SMILES string of the molecule is COc1cc2c(c(CO)c1OC)CN1CCc3cc4c(c(OC)c3[C@@H]1C2)OCO4. The first-order valence-corrected chi connectivity index (χ1v) is 9.80. The number of aliphatic hydroxyl groups is 1. The summed E-state index contributed by atoms with van der Waals surface area (Å²) < 4.78 is 28.2. The van der Waals surface area contributed by atoms with Crippen LogP contribution in [0.15, 0.2) is 12.1 Å². The Morgan fingerprint density at radius 2 is 1.90 bits per heavy atom. The first-order valence-electron chi connectivity index (χ1n) is 9.80. The van der Waals surface area contributed by atoms with E-state index in [0.29, 0.717) is 17.2 Å². The van der Waals surface area contributed by atoms with Crippen LogP contribution in [0.3, 0.4) is 0 Å². The number of benzene rings is 2. The summed E-state index contributed by atoms with van der Waals surface area (Å²) in [5.74, 6) is 3.50. The topological polar surface area (TPSA) is 69.6 Å². The van der Waals surface area contributed by atoms with Crippen molar-refractivity contribution in [2.75, 3.05) is 34.7 Å². The Balaban J connectivity index is 1.64. The zero-order valence-corrected chi connectivity index (χ0v) is 16.9. The van der Waals surface area contributed by atoms with E-state index in [0.717, 1.165) is 48.6 Å². The van der Waals surface area contributed by atoms with Crippen molar-refractivity contribution >= 4 is 0 Å². The highest BCUT2D eigenvalue weighted by molar-refractivity contribution is 5.63. The van der Waals surface area contributed by atoms with Gasteiger partial charge in [0.05, 0.1) is 27.9 Å². The molecule has 0 spiro atoms. The molecule has 0 amide bonds. The predicted octanol–water partition coefficient (Wildman–Crippen LogP) is 2.59. The van der Waals surface area contributed by atoms with Crippen LogP contribution in [0.2, 0.25) is 0 Å². The minimum atomic E-state index is -0.0835. The van der Waals surface area contributed by atoms with Crippen LogP contribution >= 0.6 is 0 Å². The second-order valence-corrected chi connectivity index (χ2v) is 7.54. The number of ether oxygens (including phenoxy) is 5. The minimum absolute atomic E-state index is 0.0835. The standard InChI is InChI=1S/C22H25NO6/c1-25-17-8-13-6-16-19-12(7-18-21(22(19)27-3)29-11-28-18)4-5-23(16)9-14(13)15(10-24)20(17)26-2/h7-8,16,24H,4-6,9-11H2,1-3H3/t16-/m0/s1. The quantitative estimate of drug-likeness (QED) is 0.847. The van der Waals surface area contributed by atoms with Crippen LogP contribution in [0.4, 0.5) is 0 Å². The highest BCUT2D eigenvalue weighted by Gasteiger charge is 2.39. The van der Waals surface area contributed by atoms with Gasteiger partial charge in [0.25, 0.3) is 0 Å². The Labute approximate surface area is 169 Å². The lowest BCUT2D eigenvalue weighted by molar-refractivity contribution is 0.152. The summed E-state index contributed by atoms with van der Waals surface area (Å²) in [7, 11) is 4.92. The van der Waals surface area contributed by atoms with E-state index in [1.165, 1.54) is 16.7 Å². The van der Waals surface area contributed by atoms with Crippen molar-refractivity contribution in [3.63, 3.8) is 0 Å². The lowest BCUT2D eigenvalue weighted by Crippen LogP contribution is -2.40. The second-order valence-electron chi connectivity index (χ2n) is 7.54. The van der Waals surface area contributed by atoms with Crippen molar-refractivity contribution < 1.29 is 28.8 Å². The summed E-state index contributed by atoms with van der Waals surface area (Å²) in [6.45, 7) is 1.81. The Morgan fingerprint density at radius 3 is 2.62 bits per heavy atom. The molecule has 3 aliphatic heterocycles. The molecule has 2 aromatic carbocycles. The average Bonchev–Trinajstić information content (AvgIpc) is 3.22. The largest absolute Gasteiger partial charge is 0.493 e. The van der Waals surface area contributed by atoms with Gasteiger partial charge in [0.15, 0.2) is 23.0 Å². The number of nitrogens with zero attached hydrogens (tertiary/aromatic N) is 1. The van der Waals surface area contributed by atoms with Gasteiger partial charge in [0, 0.05) is 30.3 Å². The van der Waals surface area contributed by atoms with Crippen LogP contribution in [0, 0.1) is 0 Å². The molecule has 154 valence electrons. The summed E-state index contributed by atoms with van der Waals surface area (Å²) >= 11 is 0. The third-order valence-electron chi connectivity index (χ3n) is 6.30. The Hall–Kier alpha value is -2.64. The van der Waals surface area contributed by atoms with Crippen molar-refractivity contribution in [1.82, 2.24) is 4.90 Å². The van der Waals surface area contributed by atoms with Crippen LogP contribution in [0.25, 0.3) is 0 Å². The maximum Gasteiger partial charge on any atom is 0.231 e. The van der Waals surface area contributed by atoms with Crippen molar-refractivity contribution in [3.05, 3.63) is 39.9 Å². The van der Waals surface area contributed by atoms with Crippen molar-refractivity contribution in [3.8, 4) is 28.7 Å². The van der Waals surface area contributed by atoms with Crippen LogP contribution in [-0.2, 0) is 26.0 Å². The van der Waals surface area contributed by atoms with E-state index in [-0.39, 0.29) is 19.4 Å². The number of hydrogen-bond donors (Lipinski definition) is 1. The summed E-state index contributed by atoms with van der Waals surface area (Å²) in [4.78, 5) is 2.44. The molecular weight excluding hydrogens is 374 g/mol. The zero-order chi connectivity index (χ0) is 20.1. The van der Waals surface area contributed by atoms with Crippen LogP contribution in [0.5, 0.6) is 28.7 Å². The summed E-state index contributed by atoms with van der Waals surface area (Å²) in [5, 5.41) is 10.1. The van der Waals surface area contributed by atoms with E-state index in [4.69, 9.17) is 23.7 Å². The second kappa shape index (κ2) is 7.00. The fourth-order valence-electron chi connectivity index (χ4n) is 5.00. The highest BCUT2D eigenvalue weighted by atomic mass is 16.7. The first-order chi connectivity index (χ1) is 14.2. The zero-order valence-electron chi connectivity index (χ0n) is 16.9. The van der Waals surface area contributed by atoms with Crippen molar-refractivity contribution in [2.45, 2.75) is 32.0 Å². The van der Waals surface area contributed by atoms with Gasteiger partial charge in [-0.05, 0) is 41.7 Å². The third kappa shape index (κ3) is 2.64.